The first-order chi connectivity index (χ1) is 13.9. The van der Waals surface area contributed by atoms with Crippen molar-refractivity contribution < 1.29 is 27.1 Å². The summed E-state index contributed by atoms with van der Waals surface area (Å²) in [5.74, 6) is -1.45. The number of anilines is 1. The summed E-state index contributed by atoms with van der Waals surface area (Å²) in [6.45, 7) is -0.749. The van der Waals surface area contributed by atoms with Gasteiger partial charge in [0.2, 0.25) is 0 Å². The van der Waals surface area contributed by atoms with Crippen LogP contribution in [0.5, 0.6) is 5.75 Å². The smallest absolute Gasteiger partial charge is 0.272 e. The van der Waals surface area contributed by atoms with Crippen molar-refractivity contribution in [3.63, 3.8) is 0 Å². The third-order valence-corrected chi connectivity index (χ3v) is 4.55. The first-order valence-corrected chi connectivity index (χ1v) is 8.70. The van der Waals surface area contributed by atoms with Crippen LogP contribution in [0.2, 0.25) is 0 Å². The summed E-state index contributed by atoms with van der Waals surface area (Å²) >= 11 is 0. The third kappa shape index (κ3) is 3.65. The molecule has 0 bridgehead atoms. The van der Waals surface area contributed by atoms with Crippen LogP contribution in [0, 0.1) is 11.6 Å². The Balaban J connectivity index is 1.75. The van der Waals surface area contributed by atoms with Crippen LogP contribution in [-0.2, 0) is 6.54 Å². The molecule has 0 radical (unpaired) electrons. The predicted molar refractivity (Wildman–Crippen MR) is 98.0 cm³/mol. The Morgan fingerprint density at radius 2 is 1.72 bits per heavy atom. The number of fused-ring (bicyclic) bond motifs is 1. The molecule has 0 aliphatic carbocycles. The Hall–Kier alpha value is -3.42. The van der Waals surface area contributed by atoms with Gasteiger partial charge in [-0.25, -0.2) is 17.6 Å². The second-order valence-corrected chi connectivity index (χ2v) is 6.40. The molecule has 29 heavy (non-hydrogen) atoms. The number of pyridine rings is 1. The molecular weight excluding hydrogens is 388 g/mol. The van der Waals surface area contributed by atoms with Gasteiger partial charge >= 0.3 is 0 Å². The summed E-state index contributed by atoms with van der Waals surface area (Å²) < 4.78 is 57.1. The van der Waals surface area contributed by atoms with Gasteiger partial charge in [0.15, 0.2) is 0 Å². The van der Waals surface area contributed by atoms with Crippen LogP contribution >= 0.6 is 0 Å². The summed E-state index contributed by atoms with van der Waals surface area (Å²) in [4.78, 5) is 18.6. The molecule has 0 N–H and O–H groups in total. The lowest BCUT2D eigenvalue weighted by molar-refractivity contribution is 0.0820. The van der Waals surface area contributed by atoms with Crippen molar-refractivity contribution in [1.82, 2.24) is 4.98 Å². The lowest BCUT2D eigenvalue weighted by atomic mass is 10.0. The molecule has 0 saturated carbocycles. The van der Waals surface area contributed by atoms with Gasteiger partial charge in [0.25, 0.3) is 12.3 Å². The molecule has 4 nitrogen and oxygen atoms in total. The van der Waals surface area contributed by atoms with Gasteiger partial charge in [-0.3, -0.25) is 9.78 Å². The summed E-state index contributed by atoms with van der Waals surface area (Å²) in [7, 11) is 0. The maximum absolute atomic E-state index is 13.7. The van der Waals surface area contributed by atoms with Gasteiger partial charge in [-0.2, -0.15) is 0 Å². The number of hydrogen-bond acceptors (Lipinski definition) is 3. The van der Waals surface area contributed by atoms with E-state index >= 15 is 0 Å². The van der Waals surface area contributed by atoms with Crippen molar-refractivity contribution in [1.29, 1.82) is 0 Å². The standard InChI is InChI=1S/C21H14F4N2O2/c22-12-1-4-14(5-2-12)27-10-17-15(21(27)28)7-8-26-20(17)16-6-3-13(23)9-18(16)29-11-19(24)25/h1-9,19H,10-11H2. The first-order valence-electron chi connectivity index (χ1n) is 8.70. The van der Waals surface area contributed by atoms with E-state index in [1.165, 1.54) is 47.5 Å². The molecule has 1 aliphatic rings. The zero-order chi connectivity index (χ0) is 20.5. The summed E-state index contributed by atoms with van der Waals surface area (Å²) in [5.41, 5.74) is 2.08. The number of alkyl halides is 2. The molecule has 0 fully saturated rings. The fourth-order valence-corrected chi connectivity index (χ4v) is 3.25. The number of carbonyl (C=O) groups is 1. The van der Waals surface area contributed by atoms with E-state index < -0.39 is 24.7 Å². The largest absolute Gasteiger partial charge is 0.487 e. The number of rotatable bonds is 5. The zero-order valence-corrected chi connectivity index (χ0v) is 14.9. The Morgan fingerprint density at radius 3 is 2.45 bits per heavy atom. The number of carbonyl (C=O) groups excluding carboxylic acids is 1. The van der Waals surface area contributed by atoms with Gasteiger partial charge < -0.3 is 9.64 Å². The Morgan fingerprint density at radius 1 is 1.00 bits per heavy atom. The van der Waals surface area contributed by atoms with Gasteiger partial charge in [0.05, 0.1) is 12.2 Å². The van der Waals surface area contributed by atoms with Crippen molar-refractivity contribution in [2.75, 3.05) is 11.5 Å². The highest BCUT2D eigenvalue weighted by molar-refractivity contribution is 6.11. The molecule has 8 heteroatoms. The highest BCUT2D eigenvalue weighted by atomic mass is 19.3. The van der Waals surface area contributed by atoms with E-state index in [0.717, 1.165) is 6.07 Å². The zero-order valence-electron chi connectivity index (χ0n) is 14.9. The topological polar surface area (TPSA) is 42.4 Å². The van der Waals surface area contributed by atoms with Crippen LogP contribution in [0.25, 0.3) is 11.3 Å². The molecule has 1 amide bonds. The van der Waals surface area contributed by atoms with Crippen molar-refractivity contribution >= 4 is 11.6 Å². The molecule has 0 atom stereocenters. The van der Waals surface area contributed by atoms with E-state index in [0.29, 0.717) is 28.1 Å². The number of nitrogens with zero attached hydrogens (tertiary/aromatic N) is 2. The lowest BCUT2D eigenvalue weighted by Crippen LogP contribution is -2.22. The molecule has 3 aromatic rings. The molecule has 148 valence electrons. The maximum atomic E-state index is 13.7. The van der Waals surface area contributed by atoms with Crippen LogP contribution in [0.4, 0.5) is 23.2 Å². The SMILES string of the molecule is O=C1c2ccnc(-c3ccc(F)cc3OCC(F)F)c2CN1c1ccc(F)cc1. The van der Waals surface area contributed by atoms with E-state index in [1.807, 2.05) is 0 Å². The number of amides is 1. The van der Waals surface area contributed by atoms with E-state index in [-0.39, 0.29) is 18.2 Å². The van der Waals surface area contributed by atoms with Gasteiger partial charge in [-0.1, -0.05) is 0 Å². The molecule has 0 saturated heterocycles. The minimum Gasteiger partial charge on any atom is -0.487 e. The van der Waals surface area contributed by atoms with Crippen LogP contribution in [0.1, 0.15) is 15.9 Å². The highest BCUT2D eigenvalue weighted by Crippen LogP contribution is 2.37. The maximum Gasteiger partial charge on any atom is 0.272 e. The van der Waals surface area contributed by atoms with Crippen molar-refractivity contribution in [3.8, 4) is 17.0 Å². The van der Waals surface area contributed by atoms with Gasteiger partial charge in [-0.05, 0) is 42.5 Å². The molecule has 2 aromatic carbocycles. The van der Waals surface area contributed by atoms with Crippen LogP contribution < -0.4 is 9.64 Å². The second-order valence-electron chi connectivity index (χ2n) is 6.40. The minimum atomic E-state index is -2.73. The molecule has 0 unspecified atom stereocenters. The number of ether oxygens (including phenoxy) is 1. The summed E-state index contributed by atoms with van der Waals surface area (Å²) in [6.07, 6.45) is -1.31. The van der Waals surface area contributed by atoms with Crippen molar-refractivity contribution in [2.24, 2.45) is 0 Å². The summed E-state index contributed by atoms with van der Waals surface area (Å²) in [5, 5.41) is 0. The van der Waals surface area contributed by atoms with Gasteiger partial charge in [-0.15, -0.1) is 0 Å². The van der Waals surface area contributed by atoms with E-state index in [9.17, 15) is 22.4 Å². The Bertz CT molecular complexity index is 1070. The number of benzene rings is 2. The average molecular weight is 402 g/mol. The molecule has 0 spiro atoms. The highest BCUT2D eigenvalue weighted by Gasteiger charge is 2.32. The quantitative estimate of drug-likeness (QED) is 0.574. The third-order valence-electron chi connectivity index (χ3n) is 4.55. The number of halogens is 4. The molecule has 4 rings (SSSR count). The second kappa shape index (κ2) is 7.54. The van der Waals surface area contributed by atoms with Crippen molar-refractivity contribution in [3.05, 3.63) is 77.5 Å². The normalized spacial score (nSPS) is 13.1. The van der Waals surface area contributed by atoms with E-state index in [2.05, 4.69) is 4.98 Å². The van der Waals surface area contributed by atoms with Crippen molar-refractivity contribution in [2.45, 2.75) is 13.0 Å². The van der Waals surface area contributed by atoms with Crippen LogP contribution in [0.15, 0.2) is 54.7 Å². The molecular formula is C21H14F4N2O2. The van der Waals surface area contributed by atoms with Crippen LogP contribution in [0.3, 0.4) is 0 Å². The van der Waals surface area contributed by atoms with Gasteiger partial charge in [0.1, 0.15) is 24.0 Å². The monoisotopic (exact) mass is 402 g/mol. The average Bonchev–Trinajstić information content (AvgIpc) is 3.04. The van der Waals surface area contributed by atoms with Crippen LogP contribution in [-0.4, -0.2) is 23.9 Å². The number of hydrogen-bond donors (Lipinski definition) is 0. The Labute approximate surface area is 163 Å². The fourth-order valence-electron chi connectivity index (χ4n) is 3.25. The van der Waals surface area contributed by atoms with Gasteiger partial charge in [0, 0.05) is 34.6 Å². The molecule has 2 heterocycles. The van der Waals surface area contributed by atoms with E-state index in [4.69, 9.17) is 4.74 Å². The molecule has 1 aliphatic heterocycles. The lowest BCUT2D eigenvalue weighted by Gasteiger charge is -2.16. The Kier molecular flexibility index (Phi) is 4.92. The first kappa shape index (κ1) is 18.9. The van der Waals surface area contributed by atoms with E-state index in [1.54, 1.807) is 6.07 Å². The summed E-state index contributed by atoms with van der Waals surface area (Å²) in [6, 6.07) is 10.6. The minimum absolute atomic E-state index is 0.0844. The molecule has 1 aromatic heterocycles. The fraction of sp³-hybridized carbons (Fsp3) is 0.143. The number of aromatic nitrogens is 1. The predicted octanol–water partition coefficient (Wildman–Crippen LogP) is 4.83.